The third kappa shape index (κ3) is 2.56. The third-order valence-electron chi connectivity index (χ3n) is 3.35. The second kappa shape index (κ2) is 5.67. The zero-order chi connectivity index (χ0) is 13.9. The summed E-state index contributed by atoms with van der Waals surface area (Å²) in [7, 11) is 1.68. The molecule has 3 rings (SSSR count). The summed E-state index contributed by atoms with van der Waals surface area (Å²) in [5, 5.41) is 0. The maximum atomic E-state index is 5.29. The molecule has 1 aromatic carbocycles. The van der Waals surface area contributed by atoms with Crippen molar-refractivity contribution in [2.24, 2.45) is 0 Å². The molecule has 0 aliphatic heterocycles. The van der Waals surface area contributed by atoms with Gasteiger partial charge in [-0.15, -0.1) is 0 Å². The summed E-state index contributed by atoms with van der Waals surface area (Å²) in [6.45, 7) is 0. The van der Waals surface area contributed by atoms with Crippen LogP contribution in [0, 0.1) is 0 Å². The van der Waals surface area contributed by atoms with Gasteiger partial charge in [0.25, 0.3) is 0 Å². The van der Waals surface area contributed by atoms with E-state index in [0.717, 1.165) is 34.5 Å². The first-order valence-electron chi connectivity index (χ1n) is 6.52. The summed E-state index contributed by atoms with van der Waals surface area (Å²) in [5.74, 6) is 1.87. The summed E-state index contributed by atoms with van der Waals surface area (Å²) in [5.41, 5.74) is 2.39. The predicted molar refractivity (Wildman–Crippen MR) is 83.3 cm³/mol. The Balaban J connectivity index is 1.91. The van der Waals surface area contributed by atoms with Gasteiger partial charge in [0, 0.05) is 6.42 Å². The van der Waals surface area contributed by atoms with E-state index in [1.54, 1.807) is 7.11 Å². The summed E-state index contributed by atoms with van der Waals surface area (Å²) in [6, 6.07) is 14.4. The van der Waals surface area contributed by atoms with Gasteiger partial charge in [-0.2, -0.15) is 0 Å². The Morgan fingerprint density at radius 1 is 1.10 bits per heavy atom. The average molecular weight is 331 g/mol. The van der Waals surface area contributed by atoms with Crippen LogP contribution < -0.4 is 4.74 Å². The minimum Gasteiger partial charge on any atom is -0.495 e. The average Bonchev–Trinajstić information content (AvgIpc) is 2.82. The first-order valence-corrected chi connectivity index (χ1v) is 7.31. The van der Waals surface area contributed by atoms with Crippen LogP contribution in [0.15, 0.2) is 53.3 Å². The van der Waals surface area contributed by atoms with Gasteiger partial charge in [0.2, 0.25) is 0 Å². The highest BCUT2D eigenvalue weighted by Gasteiger charge is 2.09. The molecule has 2 aromatic heterocycles. The van der Waals surface area contributed by atoms with Crippen molar-refractivity contribution in [3.63, 3.8) is 0 Å². The van der Waals surface area contributed by atoms with Crippen molar-refractivity contribution >= 4 is 21.4 Å². The lowest BCUT2D eigenvalue weighted by Crippen LogP contribution is -1.98. The maximum Gasteiger partial charge on any atom is 0.135 e. The Morgan fingerprint density at radius 3 is 2.65 bits per heavy atom. The van der Waals surface area contributed by atoms with Crippen LogP contribution in [0.25, 0.3) is 5.52 Å². The number of rotatable bonds is 4. The molecule has 0 spiro atoms. The van der Waals surface area contributed by atoms with Crippen LogP contribution in [-0.4, -0.2) is 16.5 Å². The molecule has 102 valence electrons. The molecule has 0 atom stereocenters. The summed E-state index contributed by atoms with van der Waals surface area (Å²) in [4.78, 5) is 4.60. The molecule has 0 saturated heterocycles. The van der Waals surface area contributed by atoms with Crippen molar-refractivity contribution in [2.45, 2.75) is 12.8 Å². The van der Waals surface area contributed by atoms with Gasteiger partial charge in [-0.25, -0.2) is 4.98 Å². The number of ether oxygens (including phenoxy) is 1. The van der Waals surface area contributed by atoms with E-state index < -0.39 is 0 Å². The number of nitrogens with zero attached hydrogens (tertiary/aromatic N) is 2. The first kappa shape index (κ1) is 13.2. The highest BCUT2D eigenvalue weighted by molar-refractivity contribution is 9.10. The fourth-order valence-electron chi connectivity index (χ4n) is 2.29. The number of imidazole rings is 1. The summed E-state index contributed by atoms with van der Waals surface area (Å²) < 4.78 is 8.25. The molecule has 4 heteroatoms. The monoisotopic (exact) mass is 330 g/mol. The Kier molecular flexibility index (Phi) is 3.74. The van der Waals surface area contributed by atoms with Crippen molar-refractivity contribution < 1.29 is 4.74 Å². The molecule has 0 radical (unpaired) electrons. The van der Waals surface area contributed by atoms with E-state index >= 15 is 0 Å². The quantitative estimate of drug-likeness (QED) is 0.725. The number of hydrogen-bond acceptors (Lipinski definition) is 2. The molecule has 3 nitrogen and oxygen atoms in total. The van der Waals surface area contributed by atoms with Crippen LogP contribution in [0.3, 0.4) is 0 Å². The summed E-state index contributed by atoms with van der Waals surface area (Å²) >= 11 is 3.52. The molecule has 20 heavy (non-hydrogen) atoms. The van der Waals surface area contributed by atoms with Gasteiger partial charge in [0.1, 0.15) is 16.2 Å². The van der Waals surface area contributed by atoms with Gasteiger partial charge in [-0.05, 0) is 40.0 Å². The standard InChI is InChI=1S/C16H15BrN2O/c1-20-13-8-9-14-16(17)18-15(19(14)11-13)10-7-12-5-3-2-4-6-12/h2-6,8-9,11H,7,10H2,1H3. The zero-order valence-electron chi connectivity index (χ0n) is 11.2. The Bertz CT molecular complexity index is 722. The van der Waals surface area contributed by atoms with E-state index in [2.05, 4.69) is 49.6 Å². The van der Waals surface area contributed by atoms with Crippen LogP contribution in [-0.2, 0) is 12.8 Å². The molecule has 0 bridgehead atoms. The largest absolute Gasteiger partial charge is 0.495 e. The number of benzene rings is 1. The SMILES string of the molecule is COc1ccc2c(Br)nc(CCc3ccccc3)n2c1. The highest BCUT2D eigenvalue weighted by Crippen LogP contribution is 2.23. The molecule has 2 heterocycles. The number of hydrogen-bond donors (Lipinski definition) is 0. The fraction of sp³-hybridized carbons (Fsp3) is 0.188. The number of methoxy groups -OCH3 is 1. The van der Waals surface area contributed by atoms with Crippen LogP contribution in [0.1, 0.15) is 11.4 Å². The number of aromatic nitrogens is 2. The predicted octanol–water partition coefficient (Wildman–Crippen LogP) is 3.89. The van der Waals surface area contributed by atoms with Crippen LogP contribution in [0.5, 0.6) is 5.75 Å². The molecule has 0 unspecified atom stereocenters. The Labute approximate surface area is 126 Å². The highest BCUT2D eigenvalue weighted by atomic mass is 79.9. The topological polar surface area (TPSA) is 26.5 Å². The van der Waals surface area contributed by atoms with Crippen LogP contribution >= 0.6 is 15.9 Å². The second-order valence-corrected chi connectivity index (χ2v) is 5.38. The third-order valence-corrected chi connectivity index (χ3v) is 3.94. The number of fused-ring (bicyclic) bond motifs is 1. The van der Waals surface area contributed by atoms with Gasteiger partial charge in [0.15, 0.2) is 0 Å². The minimum atomic E-state index is 0.836. The molecule has 0 aliphatic rings. The van der Waals surface area contributed by atoms with E-state index in [1.165, 1.54) is 5.56 Å². The van der Waals surface area contributed by atoms with Crippen LogP contribution in [0.2, 0.25) is 0 Å². The lowest BCUT2D eigenvalue weighted by Gasteiger charge is -2.04. The molecular weight excluding hydrogens is 316 g/mol. The maximum absolute atomic E-state index is 5.29. The van der Waals surface area contributed by atoms with E-state index in [0.29, 0.717) is 0 Å². The second-order valence-electron chi connectivity index (χ2n) is 4.63. The van der Waals surface area contributed by atoms with E-state index in [-0.39, 0.29) is 0 Å². The lowest BCUT2D eigenvalue weighted by molar-refractivity contribution is 0.412. The smallest absolute Gasteiger partial charge is 0.135 e. The van der Waals surface area contributed by atoms with E-state index in [4.69, 9.17) is 4.74 Å². The van der Waals surface area contributed by atoms with Gasteiger partial charge in [-0.1, -0.05) is 30.3 Å². The lowest BCUT2D eigenvalue weighted by atomic mass is 10.1. The Morgan fingerprint density at radius 2 is 1.90 bits per heavy atom. The number of halogens is 1. The van der Waals surface area contributed by atoms with Crippen LogP contribution in [0.4, 0.5) is 0 Å². The van der Waals surface area contributed by atoms with Crippen molar-refractivity contribution in [3.8, 4) is 5.75 Å². The number of aryl methyl sites for hydroxylation is 2. The van der Waals surface area contributed by atoms with Gasteiger partial charge < -0.3 is 4.74 Å². The molecule has 0 aliphatic carbocycles. The van der Waals surface area contributed by atoms with Crippen molar-refractivity contribution in [3.05, 3.63) is 64.7 Å². The molecule has 3 aromatic rings. The molecule has 0 amide bonds. The molecule has 0 N–H and O–H groups in total. The van der Waals surface area contributed by atoms with E-state index in [9.17, 15) is 0 Å². The normalized spacial score (nSPS) is 10.9. The minimum absolute atomic E-state index is 0.836. The zero-order valence-corrected chi connectivity index (χ0v) is 12.8. The molecule has 0 fully saturated rings. The fourth-order valence-corrected chi connectivity index (χ4v) is 2.81. The Hall–Kier alpha value is -1.81. The number of pyridine rings is 1. The van der Waals surface area contributed by atoms with Crippen molar-refractivity contribution in [1.82, 2.24) is 9.38 Å². The van der Waals surface area contributed by atoms with Gasteiger partial charge in [0.05, 0.1) is 18.8 Å². The van der Waals surface area contributed by atoms with Crippen molar-refractivity contribution in [1.29, 1.82) is 0 Å². The van der Waals surface area contributed by atoms with E-state index in [1.807, 2.05) is 24.4 Å². The van der Waals surface area contributed by atoms with Gasteiger partial charge in [-0.3, -0.25) is 4.40 Å². The molecular formula is C16H15BrN2O. The van der Waals surface area contributed by atoms with Gasteiger partial charge >= 0.3 is 0 Å². The molecule has 0 saturated carbocycles. The summed E-state index contributed by atoms with van der Waals surface area (Å²) in [6.07, 6.45) is 3.85. The van der Waals surface area contributed by atoms with Crippen molar-refractivity contribution in [2.75, 3.05) is 7.11 Å². The first-order chi connectivity index (χ1) is 9.78.